The Kier molecular flexibility index (Phi) is 3.50. The first kappa shape index (κ1) is 11.3. The van der Waals surface area contributed by atoms with Crippen LogP contribution in [0.2, 0.25) is 0 Å². The number of rotatable bonds is 4. The van der Waals surface area contributed by atoms with Crippen LogP contribution in [0.1, 0.15) is 28.8 Å². The van der Waals surface area contributed by atoms with Crippen LogP contribution in [0.3, 0.4) is 0 Å². The molecule has 1 unspecified atom stereocenters. The molecule has 1 aromatic rings. The number of hydrogen-bond donors (Lipinski definition) is 1. The standard InChI is InChI=1S/C12H14O3/c1-4-8(2)10-5-9(7-13)12(15-3)6-11(10)14/h4-8,14H,1H2,2-3H3. The Morgan fingerprint density at radius 2 is 2.20 bits per heavy atom. The molecule has 0 aliphatic heterocycles. The smallest absolute Gasteiger partial charge is 0.153 e. The molecule has 1 rings (SSSR count). The first-order valence-corrected chi connectivity index (χ1v) is 4.62. The molecule has 0 amide bonds. The van der Waals surface area contributed by atoms with Gasteiger partial charge in [0, 0.05) is 17.5 Å². The van der Waals surface area contributed by atoms with E-state index >= 15 is 0 Å². The third-order valence-corrected chi connectivity index (χ3v) is 2.35. The molecular weight excluding hydrogens is 192 g/mol. The number of carbonyl (C=O) groups is 1. The van der Waals surface area contributed by atoms with Crippen LogP contribution in [0.25, 0.3) is 0 Å². The van der Waals surface area contributed by atoms with E-state index in [9.17, 15) is 9.90 Å². The predicted octanol–water partition coefficient (Wildman–Crippen LogP) is 2.50. The van der Waals surface area contributed by atoms with Gasteiger partial charge in [0.25, 0.3) is 0 Å². The maximum absolute atomic E-state index is 10.8. The van der Waals surface area contributed by atoms with E-state index < -0.39 is 0 Å². The van der Waals surface area contributed by atoms with E-state index in [0.717, 1.165) is 0 Å². The van der Waals surface area contributed by atoms with E-state index in [1.165, 1.54) is 13.2 Å². The van der Waals surface area contributed by atoms with Crippen LogP contribution < -0.4 is 4.74 Å². The summed E-state index contributed by atoms with van der Waals surface area (Å²) in [6, 6.07) is 3.06. The lowest BCUT2D eigenvalue weighted by Gasteiger charge is -2.12. The van der Waals surface area contributed by atoms with Crippen molar-refractivity contribution in [2.75, 3.05) is 7.11 Å². The van der Waals surface area contributed by atoms with Gasteiger partial charge in [0.2, 0.25) is 0 Å². The molecule has 0 fully saturated rings. The highest BCUT2D eigenvalue weighted by Gasteiger charge is 2.12. The fourth-order valence-corrected chi connectivity index (χ4v) is 1.36. The Labute approximate surface area is 89.0 Å². The molecule has 0 radical (unpaired) electrons. The van der Waals surface area contributed by atoms with Crippen LogP contribution in [0.4, 0.5) is 0 Å². The highest BCUT2D eigenvalue weighted by Crippen LogP contribution is 2.32. The Bertz CT molecular complexity index is 383. The summed E-state index contributed by atoms with van der Waals surface area (Å²) in [4.78, 5) is 10.8. The topological polar surface area (TPSA) is 46.5 Å². The quantitative estimate of drug-likeness (QED) is 0.608. The molecule has 0 bridgehead atoms. The van der Waals surface area contributed by atoms with E-state index in [1.54, 1.807) is 12.1 Å². The highest BCUT2D eigenvalue weighted by atomic mass is 16.5. The molecule has 1 aromatic carbocycles. The highest BCUT2D eigenvalue weighted by molar-refractivity contribution is 5.80. The molecule has 0 saturated carbocycles. The van der Waals surface area contributed by atoms with Crippen molar-refractivity contribution in [3.63, 3.8) is 0 Å². The van der Waals surface area contributed by atoms with Gasteiger partial charge >= 0.3 is 0 Å². The van der Waals surface area contributed by atoms with Crippen molar-refractivity contribution < 1.29 is 14.6 Å². The Morgan fingerprint density at radius 1 is 1.53 bits per heavy atom. The molecular formula is C12H14O3. The van der Waals surface area contributed by atoms with E-state index in [1.807, 2.05) is 6.92 Å². The lowest BCUT2D eigenvalue weighted by atomic mass is 9.98. The van der Waals surface area contributed by atoms with Gasteiger partial charge < -0.3 is 9.84 Å². The summed E-state index contributed by atoms with van der Waals surface area (Å²) in [5, 5.41) is 9.70. The maximum Gasteiger partial charge on any atom is 0.153 e. The summed E-state index contributed by atoms with van der Waals surface area (Å²) < 4.78 is 4.97. The number of aldehydes is 1. The lowest BCUT2D eigenvalue weighted by molar-refractivity contribution is 0.112. The number of ether oxygens (including phenoxy) is 1. The summed E-state index contributed by atoms with van der Waals surface area (Å²) in [5.74, 6) is 0.488. The van der Waals surface area contributed by atoms with Crippen LogP contribution in [-0.4, -0.2) is 18.5 Å². The van der Waals surface area contributed by atoms with Crippen molar-refractivity contribution in [1.82, 2.24) is 0 Å². The largest absolute Gasteiger partial charge is 0.508 e. The van der Waals surface area contributed by atoms with Crippen LogP contribution >= 0.6 is 0 Å². The van der Waals surface area contributed by atoms with Crippen LogP contribution in [0.15, 0.2) is 24.8 Å². The van der Waals surface area contributed by atoms with E-state index in [2.05, 4.69) is 6.58 Å². The molecule has 0 heterocycles. The second-order valence-electron chi connectivity index (χ2n) is 3.30. The van der Waals surface area contributed by atoms with Crippen LogP contribution in [0, 0.1) is 0 Å². The zero-order valence-electron chi connectivity index (χ0n) is 8.86. The predicted molar refractivity (Wildman–Crippen MR) is 58.7 cm³/mol. The van der Waals surface area contributed by atoms with Crippen molar-refractivity contribution in [3.05, 3.63) is 35.9 Å². The van der Waals surface area contributed by atoms with Crippen molar-refractivity contribution in [2.24, 2.45) is 0 Å². The average molecular weight is 206 g/mol. The molecule has 0 aliphatic rings. The molecule has 3 nitrogen and oxygen atoms in total. The molecule has 0 spiro atoms. The van der Waals surface area contributed by atoms with Gasteiger partial charge in [-0.25, -0.2) is 0 Å². The summed E-state index contributed by atoms with van der Waals surface area (Å²) in [7, 11) is 1.46. The fraction of sp³-hybridized carbons (Fsp3) is 0.250. The van der Waals surface area contributed by atoms with Crippen LogP contribution in [-0.2, 0) is 0 Å². The number of aromatic hydroxyl groups is 1. The summed E-state index contributed by atoms with van der Waals surface area (Å²) >= 11 is 0. The van der Waals surface area contributed by atoms with Gasteiger partial charge in [0.15, 0.2) is 6.29 Å². The number of allylic oxidation sites excluding steroid dienone is 1. The number of hydrogen-bond acceptors (Lipinski definition) is 3. The number of methoxy groups -OCH3 is 1. The molecule has 0 aromatic heterocycles. The first-order valence-electron chi connectivity index (χ1n) is 4.62. The second kappa shape index (κ2) is 4.64. The van der Waals surface area contributed by atoms with Gasteiger partial charge in [-0.3, -0.25) is 4.79 Å². The van der Waals surface area contributed by atoms with Crippen LogP contribution in [0.5, 0.6) is 11.5 Å². The molecule has 1 atom stereocenters. The zero-order chi connectivity index (χ0) is 11.4. The lowest BCUT2D eigenvalue weighted by Crippen LogP contribution is -1.96. The number of carbonyl (C=O) groups excluding carboxylic acids is 1. The molecule has 0 saturated heterocycles. The molecule has 3 heteroatoms. The number of benzene rings is 1. The summed E-state index contributed by atoms with van der Waals surface area (Å²) in [5.41, 5.74) is 1.10. The van der Waals surface area contributed by atoms with Gasteiger partial charge in [-0.05, 0) is 6.07 Å². The van der Waals surface area contributed by atoms with Gasteiger partial charge in [-0.1, -0.05) is 13.0 Å². The molecule has 0 aliphatic carbocycles. The van der Waals surface area contributed by atoms with E-state index in [4.69, 9.17) is 4.74 Å². The molecule has 80 valence electrons. The minimum atomic E-state index is -0.00499. The normalized spacial score (nSPS) is 11.9. The van der Waals surface area contributed by atoms with Gasteiger partial charge in [-0.2, -0.15) is 0 Å². The van der Waals surface area contributed by atoms with Crippen molar-refractivity contribution in [3.8, 4) is 11.5 Å². The summed E-state index contributed by atoms with van der Waals surface area (Å²) in [6.07, 6.45) is 2.41. The van der Waals surface area contributed by atoms with Crippen molar-refractivity contribution in [1.29, 1.82) is 0 Å². The molecule has 1 N–H and O–H groups in total. The van der Waals surface area contributed by atoms with Gasteiger partial charge in [0.1, 0.15) is 11.5 Å². The minimum absolute atomic E-state index is 0.00499. The zero-order valence-corrected chi connectivity index (χ0v) is 8.86. The third-order valence-electron chi connectivity index (χ3n) is 2.35. The van der Waals surface area contributed by atoms with Crippen molar-refractivity contribution in [2.45, 2.75) is 12.8 Å². The number of phenols is 1. The summed E-state index contributed by atoms with van der Waals surface area (Å²) in [6.45, 7) is 5.54. The van der Waals surface area contributed by atoms with Gasteiger partial charge in [-0.15, -0.1) is 6.58 Å². The van der Waals surface area contributed by atoms with Crippen molar-refractivity contribution >= 4 is 6.29 Å². The van der Waals surface area contributed by atoms with E-state index in [-0.39, 0.29) is 11.7 Å². The van der Waals surface area contributed by atoms with Gasteiger partial charge in [0.05, 0.1) is 12.7 Å². The fourth-order valence-electron chi connectivity index (χ4n) is 1.36. The Hall–Kier alpha value is -1.77. The average Bonchev–Trinajstić information content (AvgIpc) is 2.27. The minimum Gasteiger partial charge on any atom is -0.508 e. The second-order valence-corrected chi connectivity index (χ2v) is 3.30. The first-order chi connectivity index (χ1) is 7.13. The SMILES string of the molecule is C=CC(C)c1cc(C=O)c(OC)cc1O. The number of phenolic OH excluding ortho intramolecular Hbond substituents is 1. The third kappa shape index (κ3) is 2.18. The maximum atomic E-state index is 10.8. The Morgan fingerprint density at radius 3 is 2.67 bits per heavy atom. The molecule has 15 heavy (non-hydrogen) atoms. The monoisotopic (exact) mass is 206 g/mol. The van der Waals surface area contributed by atoms with E-state index in [0.29, 0.717) is 23.2 Å². The Balaban J connectivity index is 3.31.